The first-order valence-electron chi connectivity index (χ1n) is 3.66. The van der Waals surface area contributed by atoms with E-state index in [-0.39, 0.29) is 5.91 Å². The summed E-state index contributed by atoms with van der Waals surface area (Å²) in [6.45, 7) is 0.458. The maximum atomic E-state index is 11.3. The van der Waals surface area contributed by atoms with Gasteiger partial charge in [0.05, 0.1) is 16.3 Å². The number of rotatable bonds is 0. The lowest BCUT2D eigenvalue weighted by Gasteiger charge is -2.05. The standard InChI is InChI=1S/C8H6BrClN2O/c9-4-1-5(10)7(11)3-2-12-8(13)6(3)4/h1H,2,11H2,(H,12,13). The largest absolute Gasteiger partial charge is 0.397 e. The van der Waals surface area contributed by atoms with E-state index in [0.29, 0.717) is 27.3 Å². The van der Waals surface area contributed by atoms with Crippen molar-refractivity contribution in [1.29, 1.82) is 0 Å². The first-order valence-corrected chi connectivity index (χ1v) is 4.83. The summed E-state index contributed by atoms with van der Waals surface area (Å²) in [6, 6.07) is 1.64. The van der Waals surface area contributed by atoms with Gasteiger partial charge in [0, 0.05) is 16.6 Å². The van der Waals surface area contributed by atoms with Crippen LogP contribution in [0.5, 0.6) is 0 Å². The minimum atomic E-state index is -0.106. The van der Waals surface area contributed by atoms with Crippen molar-refractivity contribution in [3.05, 3.63) is 26.7 Å². The Morgan fingerprint density at radius 2 is 2.31 bits per heavy atom. The SMILES string of the molecule is Nc1c(Cl)cc(Br)c2c1CNC2=O. The number of carbonyl (C=O) groups excluding carboxylic acids is 1. The zero-order valence-corrected chi connectivity index (χ0v) is 8.87. The van der Waals surface area contributed by atoms with E-state index in [1.54, 1.807) is 6.07 Å². The van der Waals surface area contributed by atoms with Gasteiger partial charge in [-0.2, -0.15) is 0 Å². The Labute approximate surface area is 88.4 Å². The summed E-state index contributed by atoms with van der Waals surface area (Å²) in [7, 11) is 0. The molecule has 1 aliphatic heterocycles. The molecule has 3 N–H and O–H groups in total. The van der Waals surface area contributed by atoms with Gasteiger partial charge in [-0.15, -0.1) is 0 Å². The number of nitrogens with two attached hydrogens (primary N) is 1. The second-order valence-electron chi connectivity index (χ2n) is 2.79. The van der Waals surface area contributed by atoms with Crippen LogP contribution in [0.3, 0.4) is 0 Å². The van der Waals surface area contributed by atoms with E-state index in [0.717, 1.165) is 5.56 Å². The number of hydrogen-bond donors (Lipinski definition) is 2. The van der Waals surface area contributed by atoms with Gasteiger partial charge in [-0.1, -0.05) is 11.6 Å². The van der Waals surface area contributed by atoms with Gasteiger partial charge in [0.15, 0.2) is 0 Å². The molecule has 1 heterocycles. The number of anilines is 1. The minimum Gasteiger partial charge on any atom is -0.397 e. The van der Waals surface area contributed by atoms with Gasteiger partial charge in [-0.25, -0.2) is 0 Å². The third-order valence-electron chi connectivity index (χ3n) is 2.03. The molecule has 0 saturated carbocycles. The molecule has 5 heteroatoms. The number of carbonyl (C=O) groups is 1. The van der Waals surface area contributed by atoms with Crippen LogP contribution in [0.4, 0.5) is 5.69 Å². The normalized spacial score (nSPS) is 14.2. The Bertz CT molecular complexity index is 406. The van der Waals surface area contributed by atoms with Gasteiger partial charge < -0.3 is 11.1 Å². The van der Waals surface area contributed by atoms with Crippen LogP contribution >= 0.6 is 27.5 Å². The van der Waals surface area contributed by atoms with Gasteiger partial charge in [0.1, 0.15) is 0 Å². The van der Waals surface area contributed by atoms with E-state index in [9.17, 15) is 4.79 Å². The lowest BCUT2D eigenvalue weighted by atomic mass is 10.1. The number of halogens is 2. The molecule has 0 aliphatic carbocycles. The summed E-state index contributed by atoms with van der Waals surface area (Å²) in [5.41, 5.74) is 7.59. The van der Waals surface area contributed by atoms with Crippen LogP contribution in [0.15, 0.2) is 10.5 Å². The van der Waals surface area contributed by atoms with Crippen molar-refractivity contribution in [2.75, 3.05) is 5.73 Å². The highest BCUT2D eigenvalue weighted by atomic mass is 79.9. The molecule has 0 bridgehead atoms. The second-order valence-corrected chi connectivity index (χ2v) is 4.05. The molecule has 0 saturated heterocycles. The fourth-order valence-corrected chi connectivity index (χ4v) is 2.37. The molecular formula is C8H6BrClN2O. The minimum absolute atomic E-state index is 0.106. The van der Waals surface area contributed by atoms with E-state index in [1.807, 2.05) is 0 Å². The van der Waals surface area contributed by atoms with Crippen LogP contribution in [0.1, 0.15) is 15.9 Å². The molecule has 0 spiro atoms. The quantitative estimate of drug-likeness (QED) is 0.701. The van der Waals surface area contributed by atoms with Crippen molar-refractivity contribution in [1.82, 2.24) is 5.32 Å². The molecule has 1 aromatic carbocycles. The summed E-state index contributed by atoms with van der Waals surface area (Å²) in [4.78, 5) is 11.3. The molecule has 0 atom stereocenters. The molecule has 13 heavy (non-hydrogen) atoms. The number of amides is 1. The van der Waals surface area contributed by atoms with Crippen LogP contribution < -0.4 is 11.1 Å². The molecule has 0 unspecified atom stereocenters. The fourth-order valence-electron chi connectivity index (χ4n) is 1.37. The third kappa shape index (κ3) is 1.21. The summed E-state index contributed by atoms with van der Waals surface area (Å²) >= 11 is 9.12. The lowest BCUT2D eigenvalue weighted by molar-refractivity contribution is 0.0965. The van der Waals surface area contributed by atoms with Crippen LogP contribution in [0.2, 0.25) is 5.02 Å². The molecule has 2 rings (SSSR count). The number of nitrogen functional groups attached to an aromatic ring is 1. The van der Waals surface area contributed by atoms with Gasteiger partial charge in [-0.05, 0) is 22.0 Å². The highest BCUT2D eigenvalue weighted by Crippen LogP contribution is 2.34. The fraction of sp³-hybridized carbons (Fsp3) is 0.125. The van der Waals surface area contributed by atoms with E-state index in [2.05, 4.69) is 21.2 Å². The number of benzene rings is 1. The molecular weight excluding hydrogens is 255 g/mol. The summed E-state index contributed by atoms with van der Waals surface area (Å²) in [5, 5.41) is 3.16. The zero-order valence-electron chi connectivity index (χ0n) is 6.53. The molecule has 1 aliphatic rings. The van der Waals surface area contributed by atoms with Crippen molar-refractivity contribution in [3.8, 4) is 0 Å². The molecule has 68 valence electrons. The molecule has 1 aromatic rings. The smallest absolute Gasteiger partial charge is 0.253 e. The van der Waals surface area contributed by atoms with Crippen LogP contribution in [-0.4, -0.2) is 5.91 Å². The Balaban J connectivity index is 2.76. The number of hydrogen-bond acceptors (Lipinski definition) is 2. The van der Waals surface area contributed by atoms with E-state index in [1.165, 1.54) is 0 Å². The molecule has 0 radical (unpaired) electrons. The summed E-state index contributed by atoms with van der Waals surface area (Å²) < 4.78 is 0.691. The van der Waals surface area contributed by atoms with E-state index >= 15 is 0 Å². The van der Waals surface area contributed by atoms with Gasteiger partial charge in [0.2, 0.25) is 0 Å². The van der Waals surface area contributed by atoms with Gasteiger partial charge in [0.25, 0.3) is 5.91 Å². The average molecular weight is 262 g/mol. The number of nitrogens with one attached hydrogen (secondary N) is 1. The number of fused-ring (bicyclic) bond motifs is 1. The van der Waals surface area contributed by atoms with Crippen LogP contribution in [-0.2, 0) is 6.54 Å². The van der Waals surface area contributed by atoms with E-state index in [4.69, 9.17) is 17.3 Å². The second kappa shape index (κ2) is 2.89. The molecule has 3 nitrogen and oxygen atoms in total. The van der Waals surface area contributed by atoms with Crippen molar-refractivity contribution in [3.63, 3.8) is 0 Å². The first-order chi connectivity index (χ1) is 6.11. The van der Waals surface area contributed by atoms with Gasteiger partial charge >= 0.3 is 0 Å². The van der Waals surface area contributed by atoms with Crippen LogP contribution in [0, 0.1) is 0 Å². The highest BCUT2D eigenvalue weighted by molar-refractivity contribution is 9.10. The molecule has 0 fully saturated rings. The third-order valence-corrected chi connectivity index (χ3v) is 2.97. The summed E-state index contributed by atoms with van der Waals surface area (Å²) in [5.74, 6) is -0.106. The Morgan fingerprint density at radius 3 is 3.00 bits per heavy atom. The van der Waals surface area contributed by atoms with Crippen molar-refractivity contribution >= 4 is 39.1 Å². The highest BCUT2D eigenvalue weighted by Gasteiger charge is 2.25. The lowest BCUT2D eigenvalue weighted by Crippen LogP contribution is -2.12. The molecule has 0 aromatic heterocycles. The first kappa shape index (κ1) is 8.84. The van der Waals surface area contributed by atoms with E-state index < -0.39 is 0 Å². The van der Waals surface area contributed by atoms with Crippen molar-refractivity contribution < 1.29 is 4.79 Å². The monoisotopic (exact) mass is 260 g/mol. The van der Waals surface area contributed by atoms with Crippen LogP contribution in [0.25, 0.3) is 0 Å². The Hall–Kier alpha value is -0.740. The zero-order chi connectivity index (χ0) is 9.59. The topological polar surface area (TPSA) is 55.1 Å². The van der Waals surface area contributed by atoms with Crippen molar-refractivity contribution in [2.24, 2.45) is 0 Å². The summed E-state index contributed by atoms with van der Waals surface area (Å²) in [6.07, 6.45) is 0. The predicted molar refractivity (Wildman–Crippen MR) is 54.7 cm³/mol. The Morgan fingerprint density at radius 1 is 1.62 bits per heavy atom. The van der Waals surface area contributed by atoms with Crippen molar-refractivity contribution in [2.45, 2.75) is 6.54 Å². The predicted octanol–water partition coefficient (Wildman–Crippen LogP) is 1.93. The molecule has 1 amide bonds. The Kier molecular flexibility index (Phi) is 1.96. The van der Waals surface area contributed by atoms with Gasteiger partial charge in [-0.3, -0.25) is 4.79 Å². The average Bonchev–Trinajstić information content (AvgIpc) is 2.44. The maximum Gasteiger partial charge on any atom is 0.253 e. The maximum absolute atomic E-state index is 11.3.